The lowest BCUT2D eigenvalue weighted by atomic mass is 9.56. The summed E-state index contributed by atoms with van der Waals surface area (Å²) in [5.41, 5.74) is 1.82. The summed E-state index contributed by atoms with van der Waals surface area (Å²) >= 11 is 0. The summed E-state index contributed by atoms with van der Waals surface area (Å²) in [7, 11) is 22.8. The molecule has 0 bridgehead atoms. The minimum atomic E-state index is -0.849. The van der Waals surface area contributed by atoms with Gasteiger partial charge in [0.15, 0.2) is 11.5 Å². The summed E-state index contributed by atoms with van der Waals surface area (Å²) < 4.78 is 10.9. The van der Waals surface area contributed by atoms with Crippen LogP contribution in [0.5, 0.6) is 11.5 Å². The largest absolute Gasteiger partial charge is 0.494 e. The third-order valence-electron chi connectivity index (χ3n) is 5.92. The van der Waals surface area contributed by atoms with Gasteiger partial charge in [-0.15, -0.1) is 0 Å². The standard InChI is InChI=1S/C19H26B3NO3/c1-10(2)7-11-9-23-6-5-12-14(19(23,22)8-13(11)24)16(21)18(26-4)17(25-3)15(12)20/h10-11,13,24H,5-9H2,1-4H3. The van der Waals surface area contributed by atoms with Crippen molar-refractivity contribution in [1.82, 2.24) is 4.90 Å². The van der Waals surface area contributed by atoms with Gasteiger partial charge in [-0.1, -0.05) is 13.8 Å². The number of rotatable bonds is 4. The molecule has 3 rings (SSSR count). The van der Waals surface area contributed by atoms with Gasteiger partial charge in [-0.05, 0) is 53.2 Å². The molecule has 6 radical (unpaired) electrons. The lowest BCUT2D eigenvalue weighted by Gasteiger charge is -2.55. The molecule has 1 aromatic carbocycles. The van der Waals surface area contributed by atoms with Gasteiger partial charge >= 0.3 is 0 Å². The van der Waals surface area contributed by atoms with E-state index in [0.29, 0.717) is 34.8 Å². The molecule has 2 aliphatic heterocycles. The average molecular weight is 349 g/mol. The van der Waals surface area contributed by atoms with Crippen molar-refractivity contribution in [3.63, 3.8) is 0 Å². The first-order valence-electron chi connectivity index (χ1n) is 9.28. The second-order valence-corrected chi connectivity index (χ2v) is 8.03. The van der Waals surface area contributed by atoms with Crippen LogP contribution >= 0.6 is 0 Å². The number of nitrogens with zero attached hydrogens (tertiary/aromatic N) is 1. The van der Waals surface area contributed by atoms with E-state index in [1.807, 2.05) is 0 Å². The molecule has 1 fully saturated rings. The third-order valence-corrected chi connectivity index (χ3v) is 5.92. The predicted octanol–water partition coefficient (Wildman–Crippen LogP) is -0.102. The van der Waals surface area contributed by atoms with Crippen LogP contribution in [0.3, 0.4) is 0 Å². The van der Waals surface area contributed by atoms with Crippen molar-refractivity contribution in [2.45, 2.75) is 44.7 Å². The van der Waals surface area contributed by atoms with Crippen LogP contribution in [0.15, 0.2) is 0 Å². The Bertz CT molecular complexity index is 697. The Balaban J connectivity index is 2.09. The predicted molar refractivity (Wildman–Crippen MR) is 107 cm³/mol. The minimum absolute atomic E-state index is 0.215. The molecule has 1 N–H and O–H groups in total. The molecule has 3 atom stereocenters. The molecule has 0 aromatic heterocycles. The van der Waals surface area contributed by atoms with Crippen LogP contribution in [0.2, 0.25) is 0 Å². The molecule has 134 valence electrons. The van der Waals surface area contributed by atoms with Crippen LogP contribution < -0.4 is 20.4 Å². The maximum atomic E-state index is 10.8. The smallest absolute Gasteiger partial charge is 0.153 e. The first-order chi connectivity index (χ1) is 12.2. The fraction of sp³-hybridized carbons (Fsp3) is 0.684. The number of aliphatic hydroxyl groups is 1. The number of fused-ring (bicyclic) bond motifs is 3. The normalized spacial score (nSPS) is 28.5. The highest BCUT2D eigenvalue weighted by molar-refractivity contribution is 6.42. The Labute approximate surface area is 160 Å². The van der Waals surface area contributed by atoms with E-state index >= 15 is 0 Å². The molecule has 0 aliphatic carbocycles. The van der Waals surface area contributed by atoms with Gasteiger partial charge in [0.1, 0.15) is 23.5 Å². The van der Waals surface area contributed by atoms with Crippen LogP contribution in [-0.4, -0.2) is 67.0 Å². The van der Waals surface area contributed by atoms with Crippen LogP contribution in [0.1, 0.15) is 37.8 Å². The van der Waals surface area contributed by atoms with Crippen LogP contribution in [0, 0.1) is 11.8 Å². The van der Waals surface area contributed by atoms with Crippen molar-refractivity contribution in [3.8, 4) is 11.5 Å². The number of hydrogen-bond donors (Lipinski definition) is 1. The maximum Gasteiger partial charge on any atom is 0.153 e. The Morgan fingerprint density at radius 1 is 1.19 bits per heavy atom. The van der Waals surface area contributed by atoms with E-state index in [2.05, 4.69) is 18.7 Å². The summed E-state index contributed by atoms with van der Waals surface area (Å²) in [5, 5.41) is 10.8. The maximum absolute atomic E-state index is 10.8. The summed E-state index contributed by atoms with van der Waals surface area (Å²) in [5.74, 6) is 1.61. The number of aliphatic hydroxyl groups excluding tert-OH is 1. The van der Waals surface area contributed by atoms with Gasteiger partial charge in [-0.3, -0.25) is 0 Å². The van der Waals surface area contributed by atoms with E-state index in [1.54, 1.807) is 7.11 Å². The molecule has 26 heavy (non-hydrogen) atoms. The Kier molecular flexibility index (Phi) is 5.42. The number of piperidine rings is 1. The van der Waals surface area contributed by atoms with Crippen molar-refractivity contribution in [1.29, 1.82) is 0 Å². The molecular weight excluding hydrogens is 323 g/mol. The second-order valence-electron chi connectivity index (χ2n) is 8.03. The minimum Gasteiger partial charge on any atom is -0.494 e. The van der Waals surface area contributed by atoms with Gasteiger partial charge in [0.25, 0.3) is 0 Å². The quantitative estimate of drug-likeness (QED) is 0.772. The molecule has 2 heterocycles. The van der Waals surface area contributed by atoms with Gasteiger partial charge in [-0.25, -0.2) is 0 Å². The van der Waals surface area contributed by atoms with Gasteiger partial charge in [-0.2, -0.15) is 0 Å². The van der Waals surface area contributed by atoms with Crippen molar-refractivity contribution in [3.05, 3.63) is 11.1 Å². The number of ether oxygens (including phenoxy) is 2. The SMILES string of the molecule is [B]c1c2c(c([B])c(OC)c1OC)C1([B])CC(O)C(CC(C)C)CN1CC2. The molecule has 7 heteroatoms. The van der Waals surface area contributed by atoms with Gasteiger partial charge in [0.05, 0.1) is 20.3 Å². The number of hydrogen-bond acceptors (Lipinski definition) is 4. The molecular formula is C19H26B3NO3. The first-order valence-corrected chi connectivity index (χ1v) is 9.28. The van der Waals surface area contributed by atoms with Crippen LogP contribution in [0.25, 0.3) is 0 Å². The fourth-order valence-corrected chi connectivity index (χ4v) is 4.77. The second kappa shape index (κ2) is 7.16. The molecule has 1 saturated heterocycles. The first kappa shape index (κ1) is 19.7. The molecule has 4 nitrogen and oxygen atoms in total. The summed E-state index contributed by atoms with van der Waals surface area (Å²) in [4.78, 5) is 2.25. The molecule has 1 aromatic rings. The highest BCUT2D eigenvalue weighted by Gasteiger charge is 2.47. The lowest BCUT2D eigenvalue weighted by Crippen LogP contribution is -2.62. The number of benzene rings is 1. The van der Waals surface area contributed by atoms with E-state index in [4.69, 9.17) is 33.0 Å². The zero-order chi connectivity index (χ0) is 19.2. The molecule has 2 aliphatic rings. The topological polar surface area (TPSA) is 41.9 Å². The van der Waals surface area contributed by atoms with Crippen molar-refractivity contribution in [2.24, 2.45) is 11.8 Å². The monoisotopic (exact) mass is 349 g/mol. The molecule has 0 saturated carbocycles. The summed E-state index contributed by atoms with van der Waals surface area (Å²) in [6, 6.07) is 0. The lowest BCUT2D eigenvalue weighted by molar-refractivity contribution is -0.0366. The van der Waals surface area contributed by atoms with E-state index in [9.17, 15) is 5.11 Å². The van der Waals surface area contributed by atoms with Crippen molar-refractivity contribution >= 4 is 34.5 Å². The van der Waals surface area contributed by atoms with Crippen molar-refractivity contribution in [2.75, 3.05) is 27.3 Å². The van der Waals surface area contributed by atoms with Crippen LogP contribution in [-0.2, 0) is 11.9 Å². The highest BCUT2D eigenvalue weighted by Crippen LogP contribution is 2.43. The van der Waals surface area contributed by atoms with Gasteiger partial charge in [0, 0.05) is 18.5 Å². The summed E-state index contributed by atoms with van der Waals surface area (Å²) in [6.07, 6.45) is 1.67. The molecule has 0 amide bonds. The van der Waals surface area contributed by atoms with E-state index in [-0.39, 0.29) is 5.92 Å². The Morgan fingerprint density at radius 2 is 1.81 bits per heavy atom. The Morgan fingerprint density at radius 3 is 2.38 bits per heavy atom. The zero-order valence-electron chi connectivity index (χ0n) is 16.2. The van der Waals surface area contributed by atoms with Crippen molar-refractivity contribution < 1.29 is 14.6 Å². The average Bonchev–Trinajstić information content (AvgIpc) is 2.57. The Hall–Kier alpha value is -1.07. The van der Waals surface area contributed by atoms with E-state index in [0.717, 1.165) is 37.1 Å². The molecule has 0 spiro atoms. The van der Waals surface area contributed by atoms with Gasteiger partial charge in [0.2, 0.25) is 0 Å². The van der Waals surface area contributed by atoms with Crippen LogP contribution in [0.4, 0.5) is 0 Å². The van der Waals surface area contributed by atoms with E-state index < -0.39 is 11.5 Å². The zero-order valence-corrected chi connectivity index (χ0v) is 16.2. The number of methoxy groups -OCH3 is 2. The summed E-state index contributed by atoms with van der Waals surface area (Å²) in [6.45, 7) is 5.89. The third kappa shape index (κ3) is 2.97. The highest BCUT2D eigenvalue weighted by atomic mass is 16.5. The van der Waals surface area contributed by atoms with Gasteiger partial charge < -0.3 is 19.5 Å². The van der Waals surface area contributed by atoms with E-state index in [1.165, 1.54) is 7.11 Å². The fourth-order valence-electron chi connectivity index (χ4n) is 4.77. The molecule has 3 unspecified atom stereocenters.